The monoisotopic (exact) mass is 438 g/mol. The van der Waals surface area contributed by atoms with E-state index in [1.807, 2.05) is 5.32 Å². The van der Waals surface area contributed by atoms with Gasteiger partial charge in [-0.2, -0.15) is 16.8 Å². The van der Waals surface area contributed by atoms with Gasteiger partial charge in [0, 0.05) is 18.7 Å². The minimum Gasteiger partial charge on any atom is -0.351 e. The summed E-state index contributed by atoms with van der Waals surface area (Å²) in [6.45, 7) is -1.38. The first-order valence-corrected chi connectivity index (χ1v) is 10.6. The van der Waals surface area contributed by atoms with Gasteiger partial charge in [-0.3, -0.25) is 24.1 Å². The number of nitrogens with zero attached hydrogens (tertiary/aromatic N) is 1. The van der Waals surface area contributed by atoms with Gasteiger partial charge in [0.2, 0.25) is 0 Å². The van der Waals surface area contributed by atoms with E-state index in [1.165, 1.54) is 0 Å². The Morgan fingerprint density at radius 2 is 1.54 bits per heavy atom. The largest absolute Gasteiger partial charge is 0.351 e. The molecule has 3 amide bonds. The predicted molar refractivity (Wildman–Crippen MR) is 89.3 cm³/mol. The number of nitrogens with one attached hydrogen (secondary N) is 1. The van der Waals surface area contributed by atoms with E-state index in [9.17, 15) is 43.8 Å². The van der Waals surface area contributed by atoms with Crippen LogP contribution in [-0.4, -0.2) is 70.3 Å². The number of imide groups is 1. The van der Waals surface area contributed by atoms with Gasteiger partial charge in [0.25, 0.3) is 17.7 Å². The van der Waals surface area contributed by atoms with Crippen LogP contribution in [0.1, 0.15) is 41.4 Å². The van der Waals surface area contributed by atoms with E-state index < -0.39 is 62.8 Å². The molecule has 0 aliphatic carbocycles. The summed E-state index contributed by atoms with van der Waals surface area (Å²) in [7, 11) is -9.79. The molecule has 0 saturated carbocycles. The van der Waals surface area contributed by atoms with Gasteiger partial charge in [0.05, 0.1) is 28.2 Å². The second-order valence-electron chi connectivity index (χ2n) is 5.61. The number of aldehydes is 1. The summed E-state index contributed by atoms with van der Waals surface area (Å²) in [5.74, 6) is -5.10. The van der Waals surface area contributed by atoms with Crippen LogP contribution in [0.15, 0.2) is 12.1 Å². The highest BCUT2D eigenvalue weighted by Gasteiger charge is 2.37. The third-order valence-electron chi connectivity index (χ3n) is 3.70. The minimum atomic E-state index is -4.95. The minimum absolute atomic E-state index is 0.202. The molecule has 152 valence electrons. The van der Waals surface area contributed by atoms with Gasteiger partial charge < -0.3 is 5.32 Å². The van der Waals surface area contributed by atoms with E-state index in [4.69, 9.17) is 0 Å². The Balaban J connectivity index is 2.31. The first kappa shape index (κ1) is 21.6. The fraction of sp³-hybridized carbons (Fsp3) is 0.286. The summed E-state index contributed by atoms with van der Waals surface area (Å²) >= 11 is 0. The Labute approximate surface area is 157 Å². The molecule has 0 bridgehead atoms. The van der Waals surface area contributed by atoms with Crippen molar-refractivity contribution in [3.05, 3.63) is 34.4 Å². The van der Waals surface area contributed by atoms with Gasteiger partial charge in [-0.05, 0) is 12.1 Å². The van der Waals surface area contributed by atoms with Crippen LogP contribution in [0.25, 0.3) is 0 Å². The van der Waals surface area contributed by atoms with E-state index in [2.05, 4.69) is 0 Å². The Morgan fingerprint density at radius 3 is 2.04 bits per heavy atom. The van der Waals surface area contributed by atoms with Gasteiger partial charge in [-0.1, -0.05) is 0 Å². The molecule has 0 aromatic heterocycles. The number of fused-ring (bicyclic) bond motifs is 1. The number of hydrogen-bond acceptors (Lipinski definition) is 8. The van der Waals surface area contributed by atoms with Crippen LogP contribution >= 0.6 is 0 Å². The second-order valence-corrected chi connectivity index (χ2v) is 8.58. The Hall–Kier alpha value is -2.74. The highest BCUT2D eigenvalue weighted by atomic mass is 32.3. The van der Waals surface area contributed by atoms with Gasteiger partial charge in [0.15, 0.2) is 6.29 Å². The summed E-state index contributed by atoms with van der Waals surface area (Å²) < 4.78 is 67.2. The molecule has 2 rings (SSSR count). The van der Waals surface area contributed by atoms with Crippen molar-refractivity contribution in [3.8, 4) is 0 Å². The molecule has 10 nitrogen and oxygen atoms in total. The fourth-order valence-corrected chi connectivity index (χ4v) is 3.18. The molecular formula is C14H12F2N2O8S2. The van der Waals surface area contributed by atoms with Crippen LogP contribution in [0.5, 0.6) is 0 Å². The van der Waals surface area contributed by atoms with Crippen molar-refractivity contribution < 1.29 is 43.8 Å². The molecular weight excluding hydrogens is 426 g/mol. The number of carbonyl (C=O) groups excluding carboxylic acids is 4. The number of hydrogen-bond donors (Lipinski definition) is 1. The molecule has 28 heavy (non-hydrogen) atoms. The van der Waals surface area contributed by atoms with Gasteiger partial charge in [-0.25, -0.2) is 0 Å². The first-order chi connectivity index (χ1) is 12.8. The van der Waals surface area contributed by atoms with E-state index in [0.717, 1.165) is 12.1 Å². The lowest BCUT2D eigenvalue weighted by Crippen LogP contribution is -2.33. The highest BCUT2D eigenvalue weighted by Crippen LogP contribution is 2.26. The third-order valence-corrected chi connectivity index (χ3v) is 5.06. The SMILES string of the molecule is O=Cc1cc2c(cc1C(=O)NCCS(=O)(=O)F)C(=O)N(CCS(=O)(=O)F)C2=O. The quantitative estimate of drug-likeness (QED) is 0.322. The molecule has 0 unspecified atom stereocenters. The van der Waals surface area contributed by atoms with Crippen LogP contribution in [0.3, 0.4) is 0 Å². The van der Waals surface area contributed by atoms with Crippen LogP contribution in [0.2, 0.25) is 0 Å². The van der Waals surface area contributed by atoms with Crippen LogP contribution in [-0.2, 0) is 20.4 Å². The lowest BCUT2D eigenvalue weighted by atomic mass is 9.99. The Morgan fingerprint density at radius 1 is 1.00 bits per heavy atom. The zero-order chi connectivity index (χ0) is 21.3. The lowest BCUT2D eigenvalue weighted by Gasteiger charge is -2.11. The summed E-state index contributed by atoms with van der Waals surface area (Å²) in [6.07, 6.45) is 0.202. The molecule has 14 heteroatoms. The van der Waals surface area contributed by atoms with Gasteiger partial charge in [-0.15, -0.1) is 7.77 Å². The molecule has 1 aliphatic rings. The van der Waals surface area contributed by atoms with Gasteiger partial charge in [0.1, 0.15) is 0 Å². The van der Waals surface area contributed by atoms with Crippen molar-refractivity contribution in [2.45, 2.75) is 0 Å². The number of halogens is 2. The molecule has 0 saturated heterocycles. The number of carbonyl (C=O) groups is 4. The molecule has 1 N–H and O–H groups in total. The molecule has 1 heterocycles. The predicted octanol–water partition coefficient (Wildman–Crippen LogP) is -0.576. The average molecular weight is 438 g/mol. The number of benzene rings is 1. The van der Waals surface area contributed by atoms with Crippen LogP contribution in [0.4, 0.5) is 7.77 Å². The normalized spacial score (nSPS) is 14.1. The second kappa shape index (κ2) is 7.71. The average Bonchev–Trinajstić information content (AvgIpc) is 2.80. The zero-order valence-electron chi connectivity index (χ0n) is 13.8. The first-order valence-electron chi connectivity index (χ1n) is 7.46. The van der Waals surface area contributed by atoms with Crippen molar-refractivity contribution in [3.63, 3.8) is 0 Å². The van der Waals surface area contributed by atoms with Crippen LogP contribution < -0.4 is 5.32 Å². The van der Waals surface area contributed by atoms with Crippen LogP contribution in [0, 0.1) is 0 Å². The summed E-state index contributed by atoms with van der Waals surface area (Å²) in [5, 5.41) is 2.05. The standard InChI is InChI=1S/C14H12F2N2O8S2/c15-27(23,24)3-1-17-12(20)9-6-11-10(5-8(9)7-19)13(21)18(14(11)22)2-4-28(16,25)26/h5-7H,1-4H2,(H,17,20). The zero-order valence-corrected chi connectivity index (χ0v) is 15.5. The van der Waals surface area contributed by atoms with Crippen molar-refractivity contribution in [2.75, 3.05) is 24.6 Å². The van der Waals surface area contributed by atoms with Crippen molar-refractivity contribution in [2.24, 2.45) is 0 Å². The smallest absolute Gasteiger partial charge is 0.304 e. The molecule has 1 aromatic rings. The third kappa shape index (κ3) is 4.95. The summed E-state index contributed by atoms with van der Waals surface area (Å²) in [6, 6.07) is 1.82. The maximum Gasteiger partial charge on any atom is 0.304 e. The molecule has 1 aliphatic heterocycles. The summed E-state index contributed by atoms with van der Waals surface area (Å²) in [4.78, 5) is 48.3. The van der Waals surface area contributed by atoms with E-state index >= 15 is 0 Å². The fourth-order valence-electron chi connectivity index (χ4n) is 2.43. The molecule has 1 aromatic carbocycles. The maximum atomic E-state index is 12.7. The van der Waals surface area contributed by atoms with E-state index in [-0.39, 0.29) is 28.5 Å². The highest BCUT2D eigenvalue weighted by molar-refractivity contribution is 7.86. The molecule has 0 radical (unpaired) electrons. The molecule has 0 atom stereocenters. The maximum absolute atomic E-state index is 12.7. The molecule has 0 spiro atoms. The van der Waals surface area contributed by atoms with Crippen molar-refractivity contribution >= 4 is 44.5 Å². The van der Waals surface area contributed by atoms with E-state index in [0.29, 0.717) is 4.90 Å². The van der Waals surface area contributed by atoms with Crippen molar-refractivity contribution in [1.82, 2.24) is 10.2 Å². The Kier molecular flexibility index (Phi) is 5.94. The van der Waals surface area contributed by atoms with Gasteiger partial charge >= 0.3 is 20.4 Å². The molecule has 0 fully saturated rings. The lowest BCUT2D eigenvalue weighted by molar-refractivity contribution is 0.0663. The van der Waals surface area contributed by atoms with E-state index in [1.54, 1.807) is 0 Å². The topological polar surface area (TPSA) is 152 Å². The Bertz CT molecular complexity index is 1080. The number of amides is 3. The summed E-state index contributed by atoms with van der Waals surface area (Å²) in [5.41, 5.74) is -1.31. The number of rotatable bonds is 8. The van der Waals surface area contributed by atoms with Crippen molar-refractivity contribution in [1.29, 1.82) is 0 Å².